The topological polar surface area (TPSA) is 152 Å². The molecule has 1 aromatic heterocycles. The standard InChI is InChI=1S/C46H42N4O8/c51-27-29-12-14-31(15-13-29)41-40(30-6-2-1-3-7-30)39(26-49-22-20-34(21-23-49)50-38-9-5-4-8-37(38)48-46(50)55)56-45(57-41)32-16-10-28(11-17-32)25-47-42(52)33-18-19-35-36(24-33)44(54)58-43(35)53/h1-19,24,34,39-41,45,51H,20-23,25-27H2,(H,47,52)(H,48,55). The molecule has 4 unspecified atom stereocenters. The van der Waals surface area contributed by atoms with Crippen LogP contribution in [0.5, 0.6) is 0 Å². The van der Waals surface area contributed by atoms with Crippen LogP contribution in [0.3, 0.4) is 0 Å². The number of fused-ring (bicyclic) bond motifs is 2. The second kappa shape index (κ2) is 16.0. The summed E-state index contributed by atoms with van der Waals surface area (Å²) in [5.74, 6) is -2.02. The number of esters is 2. The van der Waals surface area contributed by atoms with E-state index in [0.29, 0.717) is 6.54 Å². The average molecular weight is 779 g/mol. The molecule has 0 spiro atoms. The molecule has 4 heterocycles. The number of nitrogens with one attached hydrogen (secondary N) is 2. The van der Waals surface area contributed by atoms with E-state index < -0.39 is 18.2 Å². The molecule has 294 valence electrons. The highest BCUT2D eigenvalue weighted by Crippen LogP contribution is 2.47. The van der Waals surface area contributed by atoms with Crippen LogP contribution >= 0.6 is 0 Å². The van der Waals surface area contributed by atoms with Crippen molar-refractivity contribution in [2.24, 2.45) is 0 Å². The zero-order valence-electron chi connectivity index (χ0n) is 31.6. The van der Waals surface area contributed by atoms with Crippen molar-refractivity contribution in [1.29, 1.82) is 0 Å². The zero-order chi connectivity index (χ0) is 39.8. The van der Waals surface area contributed by atoms with E-state index >= 15 is 0 Å². The van der Waals surface area contributed by atoms with Gasteiger partial charge in [0.25, 0.3) is 5.91 Å². The van der Waals surface area contributed by atoms with Gasteiger partial charge in [0.1, 0.15) is 0 Å². The average Bonchev–Trinajstić information content (AvgIpc) is 3.76. The predicted octanol–water partition coefficient (Wildman–Crippen LogP) is 6.34. The number of ether oxygens (including phenoxy) is 3. The second-order valence-corrected chi connectivity index (χ2v) is 15.1. The number of hydrogen-bond donors (Lipinski definition) is 3. The summed E-state index contributed by atoms with van der Waals surface area (Å²) in [5.41, 5.74) is 6.74. The summed E-state index contributed by atoms with van der Waals surface area (Å²) in [4.78, 5) is 55.3. The molecule has 12 nitrogen and oxygen atoms in total. The number of H-pyrrole nitrogens is 1. The number of cyclic esters (lactones) is 2. The predicted molar refractivity (Wildman–Crippen MR) is 214 cm³/mol. The third kappa shape index (κ3) is 7.38. The number of aliphatic hydroxyl groups excluding tert-OH is 1. The largest absolute Gasteiger partial charge is 0.392 e. The molecule has 3 aliphatic heterocycles. The van der Waals surface area contributed by atoms with Gasteiger partial charge in [-0.1, -0.05) is 91.0 Å². The van der Waals surface area contributed by atoms with Crippen molar-refractivity contribution in [2.45, 2.75) is 56.5 Å². The normalized spacial score (nSPS) is 21.2. The van der Waals surface area contributed by atoms with Crippen LogP contribution in [0.25, 0.3) is 11.0 Å². The smallest absolute Gasteiger partial charge is 0.346 e. The number of aromatic amines is 1. The minimum atomic E-state index is -0.761. The van der Waals surface area contributed by atoms with Crippen molar-refractivity contribution in [3.63, 3.8) is 0 Å². The van der Waals surface area contributed by atoms with Crippen molar-refractivity contribution in [1.82, 2.24) is 19.8 Å². The van der Waals surface area contributed by atoms with Gasteiger partial charge >= 0.3 is 17.6 Å². The Labute approximate surface area is 334 Å². The molecule has 3 aliphatic rings. The summed E-state index contributed by atoms with van der Waals surface area (Å²) in [5, 5.41) is 12.7. The number of amides is 1. The molecule has 9 rings (SSSR count). The van der Waals surface area contributed by atoms with E-state index in [1.54, 1.807) is 0 Å². The molecule has 6 aromatic rings. The van der Waals surface area contributed by atoms with E-state index in [-0.39, 0.29) is 65.6 Å². The summed E-state index contributed by atoms with van der Waals surface area (Å²) in [6.07, 6.45) is 0.308. The highest BCUT2D eigenvalue weighted by atomic mass is 16.7. The Morgan fingerprint density at radius 2 is 1.43 bits per heavy atom. The first-order valence-electron chi connectivity index (χ1n) is 19.6. The Hall–Kier alpha value is -6.18. The Kier molecular flexibility index (Phi) is 10.3. The quantitative estimate of drug-likeness (QED) is 0.107. The first-order chi connectivity index (χ1) is 28.3. The van der Waals surface area contributed by atoms with E-state index in [1.807, 2.05) is 95.6 Å². The molecule has 0 radical (unpaired) electrons. The number of imidazole rings is 1. The number of carbonyl (C=O) groups excluding carboxylic acids is 3. The van der Waals surface area contributed by atoms with Gasteiger partial charge < -0.3 is 34.5 Å². The van der Waals surface area contributed by atoms with Crippen LogP contribution in [0, 0.1) is 0 Å². The number of aliphatic hydroxyl groups is 1. The van der Waals surface area contributed by atoms with Gasteiger partial charge in [-0.15, -0.1) is 0 Å². The first-order valence-corrected chi connectivity index (χ1v) is 19.6. The summed E-state index contributed by atoms with van der Waals surface area (Å²) in [6, 6.07) is 38.1. The van der Waals surface area contributed by atoms with Gasteiger partial charge in [-0.05, 0) is 65.4 Å². The monoisotopic (exact) mass is 778 g/mol. The summed E-state index contributed by atoms with van der Waals surface area (Å²) >= 11 is 0. The van der Waals surface area contributed by atoms with E-state index in [1.165, 1.54) is 18.2 Å². The number of nitrogens with zero attached hydrogens (tertiary/aromatic N) is 2. The van der Waals surface area contributed by atoms with Gasteiger partial charge in [0.2, 0.25) is 0 Å². The summed E-state index contributed by atoms with van der Waals surface area (Å²) in [7, 11) is 0. The molecule has 2 fully saturated rings. The maximum absolute atomic E-state index is 13.0. The lowest BCUT2D eigenvalue weighted by atomic mass is 9.83. The fourth-order valence-electron chi connectivity index (χ4n) is 8.52. The van der Waals surface area contributed by atoms with Crippen molar-refractivity contribution >= 4 is 28.9 Å². The van der Waals surface area contributed by atoms with E-state index in [0.717, 1.165) is 64.8 Å². The molecule has 4 atom stereocenters. The Balaban J connectivity index is 0.948. The Morgan fingerprint density at radius 3 is 2.19 bits per heavy atom. The lowest BCUT2D eigenvalue weighted by Gasteiger charge is -2.45. The van der Waals surface area contributed by atoms with Crippen LogP contribution in [0.2, 0.25) is 0 Å². The van der Waals surface area contributed by atoms with Crippen LogP contribution < -0.4 is 11.0 Å². The van der Waals surface area contributed by atoms with Gasteiger partial charge in [0, 0.05) is 49.3 Å². The molecule has 0 aliphatic carbocycles. The van der Waals surface area contributed by atoms with Crippen LogP contribution in [0.1, 0.15) is 96.1 Å². The molecule has 58 heavy (non-hydrogen) atoms. The van der Waals surface area contributed by atoms with Crippen molar-refractivity contribution in [3.8, 4) is 0 Å². The molecule has 2 saturated heterocycles. The molecule has 5 aromatic carbocycles. The SMILES string of the molecule is O=C(NCc1ccc(C2OC(CN3CCC(n4c(=O)[nH]c5ccccc54)CC3)C(c3ccccc3)C(c3ccc(CO)cc3)O2)cc1)c1ccc2c(c1)C(=O)OC2=O. The Bertz CT molecular complexity index is 2520. The maximum Gasteiger partial charge on any atom is 0.346 e. The number of aromatic nitrogens is 2. The summed E-state index contributed by atoms with van der Waals surface area (Å²) < 4.78 is 20.4. The maximum atomic E-state index is 13.0. The van der Waals surface area contributed by atoms with Crippen LogP contribution in [0.4, 0.5) is 0 Å². The molecule has 0 saturated carbocycles. The highest BCUT2D eigenvalue weighted by Gasteiger charge is 2.43. The number of hydrogen-bond acceptors (Lipinski definition) is 9. The lowest BCUT2D eigenvalue weighted by Crippen LogP contribution is -2.47. The fourth-order valence-corrected chi connectivity index (χ4v) is 8.52. The number of carbonyl (C=O) groups is 3. The minimum Gasteiger partial charge on any atom is -0.392 e. The van der Waals surface area contributed by atoms with Crippen molar-refractivity contribution < 1.29 is 33.7 Å². The fraction of sp³-hybridized carbons (Fsp3) is 0.261. The zero-order valence-corrected chi connectivity index (χ0v) is 31.6. The van der Waals surface area contributed by atoms with Crippen LogP contribution in [-0.4, -0.2) is 63.1 Å². The van der Waals surface area contributed by atoms with Gasteiger partial charge in [-0.25, -0.2) is 14.4 Å². The molecule has 3 N–H and O–H groups in total. The van der Waals surface area contributed by atoms with E-state index in [2.05, 4.69) is 32.1 Å². The molecule has 0 bridgehead atoms. The first kappa shape index (κ1) is 37.4. The molecule has 12 heteroatoms. The van der Waals surface area contributed by atoms with E-state index in [4.69, 9.17) is 9.47 Å². The number of rotatable bonds is 10. The van der Waals surface area contributed by atoms with Gasteiger partial charge in [0.15, 0.2) is 6.29 Å². The molecular formula is C46H42N4O8. The third-order valence-corrected chi connectivity index (χ3v) is 11.6. The van der Waals surface area contributed by atoms with Gasteiger partial charge in [0.05, 0.1) is 41.0 Å². The van der Waals surface area contributed by atoms with Gasteiger partial charge in [-0.3, -0.25) is 9.36 Å². The molecular weight excluding hydrogens is 737 g/mol. The van der Waals surface area contributed by atoms with E-state index in [9.17, 15) is 24.3 Å². The third-order valence-electron chi connectivity index (χ3n) is 11.6. The number of para-hydroxylation sites is 2. The van der Waals surface area contributed by atoms with Crippen molar-refractivity contribution in [3.05, 3.63) is 176 Å². The lowest BCUT2D eigenvalue weighted by molar-refractivity contribution is -0.264. The van der Waals surface area contributed by atoms with Gasteiger partial charge in [-0.2, -0.15) is 0 Å². The number of likely N-dealkylation sites (tertiary alicyclic amines) is 1. The number of benzene rings is 5. The Morgan fingerprint density at radius 1 is 0.741 bits per heavy atom. The highest BCUT2D eigenvalue weighted by molar-refractivity contribution is 6.15. The van der Waals surface area contributed by atoms with Crippen LogP contribution in [0.15, 0.2) is 126 Å². The molecule has 1 amide bonds. The number of piperidine rings is 1. The van der Waals surface area contributed by atoms with Crippen LogP contribution in [-0.2, 0) is 27.4 Å². The summed E-state index contributed by atoms with van der Waals surface area (Å²) in [6.45, 7) is 2.42. The van der Waals surface area contributed by atoms with Crippen molar-refractivity contribution in [2.75, 3.05) is 19.6 Å². The second-order valence-electron chi connectivity index (χ2n) is 15.1. The minimum absolute atomic E-state index is 0.0569.